The highest BCUT2D eigenvalue weighted by Crippen LogP contribution is 2.28. The molecule has 0 radical (unpaired) electrons. The van der Waals surface area contributed by atoms with E-state index in [2.05, 4.69) is 20.3 Å². The Morgan fingerprint density at radius 3 is 2.63 bits per heavy atom. The highest BCUT2D eigenvalue weighted by Gasteiger charge is 2.15. The lowest BCUT2D eigenvalue weighted by Gasteiger charge is -2.20. The molecule has 0 amide bonds. The highest BCUT2D eigenvalue weighted by atomic mass is 35.5. The molecule has 0 unspecified atom stereocenters. The molecule has 2 rings (SSSR count). The van der Waals surface area contributed by atoms with Crippen molar-refractivity contribution >= 4 is 34.7 Å². The van der Waals surface area contributed by atoms with Gasteiger partial charge < -0.3 is 14.8 Å². The maximum absolute atomic E-state index is 6.03. The van der Waals surface area contributed by atoms with Crippen LogP contribution in [-0.2, 0) is 13.6 Å². The molecule has 0 aliphatic heterocycles. The largest absolute Gasteiger partial charge is 0.383 e. The molecule has 102 valence electrons. The van der Waals surface area contributed by atoms with Gasteiger partial charge in [0.2, 0.25) is 0 Å². The van der Waals surface area contributed by atoms with Crippen molar-refractivity contribution in [3.63, 3.8) is 0 Å². The van der Waals surface area contributed by atoms with Gasteiger partial charge in [0, 0.05) is 21.1 Å². The lowest BCUT2D eigenvalue weighted by Crippen LogP contribution is -2.21. The van der Waals surface area contributed by atoms with Crippen LogP contribution in [0, 0.1) is 0 Å². The zero-order chi connectivity index (χ0) is 14.0. The van der Waals surface area contributed by atoms with Crippen molar-refractivity contribution < 1.29 is 0 Å². The summed E-state index contributed by atoms with van der Waals surface area (Å²) in [5.74, 6) is 1.55. The molecule has 2 aromatic heterocycles. The van der Waals surface area contributed by atoms with E-state index in [1.165, 1.54) is 6.33 Å². The Kier molecular flexibility index (Phi) is 4.11. The van der Waals surface area contributed by atoms with Gasteiger partial charge >= 0.3 is 0 Å². The van der Waals surface area contributed by atoms with Gasteiger partial charge in [0.1, 0.15) is 23.0 Å². The van der Waals surface area contributed by atoms with Crippen LogP contribution < -0.4 is 10.2 Å². The number of nitrogens with one attached hydrogen (secondary N) is 1. The number of nitrogens with zero attached hydrogens (tertiary/aromatic N) is 5. The van der Waals surface area contributed by atoms with E-state index >= 15 is 0 Å². The average Bonchev–Trinajstić information content (AvgIpc) is 2.70. The number of aromatic nitrogens is 4. The maximum atomic E-state index is 6.03. The first-order valence-electron chi connectivity index (χ1n) is 5.60. The predicted octanol–water partition coefficient (Wildman–Crippen LogP) is 2.20. The minimum atomic E-state index is 0.386. The molecule has 1 N–H and O–H groups in total. The average molecular weight is 301 g/mol. The molecular weight excluding hydrogens is 287 g/mol. The summed E-state index contributed by atoms with van der Waals surface area (Å²) in [5.41, 5.74) is 0.687. The number of imidazole rings is 1. The van der Waals surface area contributed by atoms with Crippen molar-refractivity contribution in [2.75, 3.05) is 24.3 Å². The first-order chi connectivity index (χ1) is 9.04. The van der Waals surface area contributed by atoms with Gasteiger partial charge in [-0.3, -0.25) is 0 Å². The fourth-order valence-electron chi connectivity index (χ4n) is 1.72. The highest BCUT2D eigenvalue weighted by molar-refractivity contribution is 6.32. The number of halogens is 2. The van der Waals surface area contributed by atoms with Crippen molar-refractivity contribution in [2.45, 2.75) is 6.54 Å². The van der Waals surface area contributed by atoms with Crippen LogP contribution in [0.5, 0.6) is 0 Å². The van der Waals surface area contributed by atoms with Crippen molar-refractivity contribution in [3.05, 3.63) is 28.7 Å². The van der Waals surface area contributed by atoms with E-state index in [-0.39, 0.29) is 0 Å². The Hall–Kier alpha value is -1.53. The van der Waals surface area contributed by atoms with Gasteiger partial charge in [-0.15, -0.1) is 0 Å². The Bertz CT molecular complexity index is 583. The van der Waals surface area contributed by atoms with Crippen LogP contribution in [0.4, 0.5) is 11.5 Å². The van der Waals surface area contributed by atoms with Crippen molar-refractivity contribution in [1.82, 2.24) is 19.5 Å². The van der Waals surface area contributed by atoms with E-state index in [9.17, 15) is 0 Å². The van der Waals surface area contributed by atoms with E-state index < -0.39 is 0 Å². The first-order valence-corrected chi connectivity index (χ1v) is 6.35. The Morgan fingerprint density at radius 2 is 2.05 bits per heavy atom. The minimum absolute atomic E-state index is 0.386. The quantitative estimate of drug-likeness (QED) is 0.877. The van der Waals surface area contributed by atoms with Gasteiger partial charge in [-0.2, -0.15) is 0 Å². The van der Waals surface area contributed by atoms with Crippen LogP contribution in [0.25, 0.3) is 0 Å². The Balaban J connectivity index is 2.27. The lowest BCUT2D eigenvalue weighted by atomic mass is 10.4. The van der Waals surface area contributed by atoms with Gasteiger partial charge in [-0.1, -0.05) is 23.2 Å². The van der Waals surface area contributed by atoms with E-state index in [4.69, 9.17) is 23.2 Å². The molecule has 0 fully saturated rings. The van der Waals surface area contributed by atoms with E-state index in [1.54, 1.807) is 13.2 Å². The number of anilines is 2. The molecule has 2 heterocycles. The van der Waals surface area contributed by atoms with E-state index in [0.717, 1.165) is 5.82 Å². The lowest BCUT2D eigenvalue weighted by molar-refractivity contribution is 0.755. The molecule has 0 aliphatic carbocycles. The summed E-state index contributed by atoms with van der Waals surface area (Å²) in [5, 5.41) is 3.98. The third-order valence-electron chi connectivity index (χ3n) is 2.80. The SMILES string of the molecule is CNc1c(Cl)ncnc1N(C)Cc1ncc(Cl)n1C. The second-order valence-electron chi connectivity index (χ2n) is 4.03. The van der Waals surface area contributed by atoms with Crippen molar-refractivity contribution in [1.29, 1.82) is 0 Å². The summed E-state index contributed by atoms with van der Waals surface area (Å²) in [4.78, 5) is 14.4. The topological polar surface area (TPSA) is 58.9 Å². The number of hydrogen-bond donors (Lipinski definition) is 1. The van der Waals surface area contributed by atoms with Gasteiger partial charge in [-0.05, 0) is 0 Å². The molecule has 6 nitrogen and oxygen atoms in total. The monoisotopic (exact) mass is 300 g/mol. The van der Waals surface area contributed by atoms with E-state index in [0.29, 0.717) is 28.4 Å². The van der Waals surface area contributed by atoms with Gasteiger partial charge in [0.25, 0.3) is 0 Å². The van der Waals surface area contributed by atoms with E-state index in [1.807, 2.05) is 23.6 Å². The van der Waals surface area contributed by atoms with Crippen molar-refractivity contribution in [2.24, 2.45) is 7.05 Å². The van der Waals surface area contributed by atoms with Crippen LogP contribution in [-0.4, -0.2) is 33.6 Å². The van der Waals surface area contributed by atoms with Crippen LogP contribution >= 0.6 is 23.2 Å². The Morgan fingerprint density at radius 1 is 1.32 bits per heavy atom. The molecule has 19 heavy (non-hydrogen) atoms. The van der Waals surface area contributed by atoms with Crippen molar-refractivity contribution in [3.8, 4) is 0 Å². The second-order valence-corrected chi connectivity index (χ2v) is 4.77. The fraction of sp³-hybridized carbons (Fsp3) is 0.364. The predicted molar refractivity (Wildman–Crippen MR) is 76.9 cm³/mol. The minimum Gasteiger partial charge on any atom is -0.383 e. The standard InChI is InChI=1S/C11H14Cl2N6/c1-14-9-10(13)16-6-17-11(9)18(2)5-8-15-4-7(12)19(8)3/h4,6,14H,5H2,1-3H3. The molecule has 0 atom stereocenters. The molecule has 0 saturated carbocycles. The summed E-state index contributed by atoms with van der Waals surface area (Å²) >= 11 is 12.0. The normalized spacial score (nSPS) is 10.6. The van der Waals surface area contributed by atoms with Gasteiger partial charge in [0.15, 0.2) is 11.0 Å². The van der Waals surface area contributed by atoms with Crippen LogP contribution in [0.1, 0.15) is 5.82 Å². The summed E-state index contributed by atoms with van der Waals surface area (Å²) in [7, 11) is 5.55. The maximum Gasteiger partial charge on any atom is 0.157 e. The smallest absolute Gasteiger partial charge is 0.157 e. The molecule has 0 saturated heterocycles. The summed E-state index contributed by atoms with van der Waals surface area (Å²) in [6.45, 7) is 0.561. The molecule has 8 heteroatoms. The van der Waals surface area contributed by atoms with Gasteiger partial charge in [-0.25, -0.2) is 15.0 Å². The molecule has 0 spiro atoms. The third-order valence-corrected chi connectivity index (χ3v) is 3.44. The zero-order valence-electron chi connectivity index (χ0n) is 10.9. The van der Waals surface area contributed by atoms with Crippen LogP contribution in [0.15, 0.2) is 12.5 Å². The number of rotatable bonds is 4. The molecule has 0 aliphatic rings. The fourth-order valence-corrected chi connectivity index (χ4v) is 2.09. The summed E-state index contributed by atoms with van der Waals surface area (Å²) < 4.78 is 1.82. The van der Waals surface area contributed by atoms with Crippen LogP contribution in [0.3, 0.4) is 0 Å². The molecule has 2 aromatic rings. The zero-order valence-corrected chi connectivity index (χ0v) is 12.4. The Labute approximate surface area is 121 Å². The molecule has 0 aromatic carbocycles. The second kappa shape index (κ2) is 5.63. The van der Waals surface area contributed by atoms with Gasteiger partial charge in [0.05, 0.1) is 12.7 Å². The summed E-state index contributed by atoms with van der Waals surface area (Å²) in [6.07, 6.45) is 3.05. The third kappa shape index (κ3) is 2.74. The summed E-state index contributed by atoms with van der Waals surface area (Å²) in [6, 6.07) is 0. The number of hydrogen-bond acceptors (Lipinski definition) is 5. The molecule has 0 bridgehead atoms. The molecular formula is C11H14Cl2N6. The van der Waals surface area contributed by atoms with Crippen LogP contribution in [0.2, 0.25) is 10.3 Å². The first kappa shape index (κ1) is 13.9.